The smallest absolute Gasteiger partial charge is 0.225 e. The first-order valence-corrected chi connectivity index (χ1v) is 6.85. The van der Waals surface area contributed by atoms with Gasteiger partial charge in [0.25, 0.3) is 0 Å². The van der Waals surface area contributed by atoms with Crippen LogP contribution < -0.4 is 15.8 Å². The highest BCUT2D eigenvalue weighted by atomic mass is 16.5. The van der Waals surface area contributed by atoms with Crippen LogP contribution in [0.3, 0.4) is 0 Å². The SMILES string of the molecule is CCCC(N)CC(=O)Nc1ccc(OCC)cc1C. The zero-order valence-corrected chi connectivity index (χ0v) is 12.0. The summed E-state index contributed by atoms with van der Waals surface area (Å²) < 4.78 is 5.41. The summed E-state index contributed by atoms with van der Waals surface area (Å²) in [6.45, 7) is 6.59. The Bertz CT molecular complexity index is 419. The largest absolute Gasteiger partial charge is 0.494 e. The van der Waals surface area contributed by atoms with E-state index in [1.54, 1.807) is 0 Å². The maximum atomic E-state index is 11.8. The van der Waals surface area contributed by atoms with E-state index in [0.29, 0.717) is 13.0 Å². The number of aryl methyl sites for hydroxylation is 1. The fourth-order valence-corrected chi connectivity index (χ4v) is 1.95. The number of hydrogen-bond donors (Lipinski definition) is 2. The van der Waals surface area contributed by atoms with Crippen molar-refractivity contribution in [3.63, 3.8) is 0 Å². The van der Waals surface area contributed by atoms with Crippen LogP contribution in [-0.4, -0.2) is 18.6 Å². The van der Waals surface area contributed by atoms with Gasteiger partial charge in [0, 0.05) is 18.2 Å². The molecule has 4 heteroatoms. The molecule has 1 aromatic carbocycles. The van der Waals surface area contributed by atoms with Crippen molar-refractivity contribution in [2.24, 2.45) is 5.73 Å². The van der Waals surface area contributed by atoms with E-state index in [1.807, 2.05) is 32.0 Å². The summed E-state index contributed by atoms with van der Waals surface area (Å²) in [5.41, 5.74) is 7.67. The summed E-state index contributed by atoms with van der Waals surface area (Å²) in [6.07, 6.45) is 2.23. The molecule has 106 valence electrons. The molecule has 1 rings (SSSR count). The van der Waals surface area contributed by atoms with Gasteiger partial charge >= 0.3 is 0 Å². The molecule has 0 aromatic heterocycles. The molecule has 0 saturated heterocycles. The number of anilines is 1. The molecule has 3 N–H and O–H groups in total. The van der Waals surface area contributed by atoms with Gasteiger partial charge in [-0.25, -0.2) is 0 Å². The van der Waals surface area contributed by atoms with Gasteiger partial charge in [-0.05, 0) is 44.0 Å². The Morgan fingerprint density at radius 3 is 2.74 bits per heavy atom. The van der Waals surface area contributed by atoms with Gasteiger partial charge in [0.1, 0.15) is 5.75 Å². The average Bonchev–Trinajstić information content (AvgIpc) is 2.33. The lowest BCUT2D eigenvalue weighted by Crippen LogP contribution is -2.27. The molecule has 4 nitrogen and oxygen atoms in total. The molecule has 0 aliphatic rings. The van der Waals surface area contributed by atoms with Crippen molar-refractivity contribution in [2.75, 3.05) is 11.9 Å². The van der Waals surface area contributed by atoms with E-state index in [2.05, 4.69) is 12.2 Å². The first-order valence-electron chi connectivity index (χ1n) is 6.85. The van der Waals surface area contributed by atoms with Gasteiger partial charge < -0.3 is 15.8 Å². The molecule has 1 unspecified atom stereocenters. The van der Waals surface area contributed by atoms with Crippen molar-refractivity contribution >= 4 is 11.6 Å². The Hall–Kier alpha value is -1.55. The summed E-state index contributed by atoms with van der Waals surface area (Å²) in [5, 5.41) is 2.89. The molecular formula is C15H24N2O2. The van der Waals surface area contributed by atoms with Crippen molar-refractivity contribution < 1.29 is 9.53 Å². The lowest BCUT2D eigenvalue weighted by atomic mass is 10.1. The van der Waals surface area contributed by atoms with Crippen LogP contribution in [0.25, 0.3) is 0 Å². The van der Waals surface area contributed by atoms with Gasteiger partial charge in [0.05, 0.1) is 6.61 Å². The maximum absolute atomic E-state index is 11.8. The quantitative estimate of drug-likeness (QED) is 0.796. The number of benzene rings is 1. The van der Waals surface area contributed by atoms with Crippen LogP contribution >= 0.6 is 0 Å². The second-order valence-electron chi connectivity index (χ2n) is 4.71. The molecule has 0 aliphatic carbocycles. The second-order valence-corrected chi connectivity index (χ2v) is 4.71. The standard InChI is InChI=1S/C15H24N2O2/c1-4-6-12(16)10-15(18)17-14-8-7-13(19-5-2)9-11(14)3/h7-9,12H,4-6,10,16H2,1-3H3,(H,17,18). The van der Waals surface area contributed by atoms with Gasteiger partial charge in [-0.2, -0.15) is 0 Å². The Morgan fingerprint density at radius 1 is 1.42 bits per heavy atom. The summed E-state index contributed by atoms with van der Waals surface area (Å²) in [7, 11) is 0. The van der Waals surface area contributed by atoms with E-state index in [-0.39, 0.29) is 11.9 Å². The third kappa shape index (κ3) is 5.30. The Kier molecular flexibility index (Phi) is 6.36. The van der Waals surface area contributed by atoms with Gasteiger partial charge in [0.15, 0.2) is 0 Å². The summed E-state index contributed by atoms with van der Waals surface area (Å²) in [6, 6.07) is 5.58. The van der Waals surface area contributed by atoms with Crippen LogP contribution in [0, 0.1) is 6.92 Å². The van der Waals surface area contributed by atoms with Gasteiger partial charge in [-0.15, -0.1) is 0 Å². The number of carbonyl (C=O) groups is 1. The molecule has 19 heavy (non-hydrogen) atoms. The van der Waals surface area contributed by atoms with E-state index in [1.165, 1.54) is 0 Å². The summed E-state index contributed by atoms with van der Waals surface area (Å²) >= 11 is 0. The normalized spacial score (nSPS) is 12.0. The molecule has 1 atom stereocenters. The third-order valence-electron chi connectivity index (χ3n) is 2.89. The van der Waals surface area contributed by atoms with Gasteiger partial charge in [-0.1, -0.05) is 13.3 Å². The minimum atomic E-state index is -0.0620. The number of nitrogens with one attached hydrogen (secondary N) is 1. The number of carbonyl (C=O) groups excluding carboxylic acids is 1. The first-order chi connectivity index (χ1) is 9.06. The number of nitrogens with two attached hydrogens (primary N) is 1. The van der Waals surface area contributed by atoms with Crippen LogP contribution in [0.5, 0.6) is 5.75 Å². The van der Waals surface area contributed by atoms with Crippen LogP contribution in [-0.2, 0) is 4.79 Å². The number of hydrogen-bond acceptors (Lipinski definition) is 3. The van der Waals surface area contributed by atoms with Gasteiger partial charge in [0.2, 0.25) is 5.91 Å². The second kappa shape index (κ2) is 7.79. The summed E-state index contributed by atoms with van der Waals surface area (Å²) in [5.74, 6) is 0.786. The number of rotatable bonds is 7. The predicted octanol–water partition coefficient (Wildman–Crippen LogP) is 2.85. The maximum Gasteiger partial charge on any atom is 0.225 e. The van der Waals surface area contributed by atoms with Crippen molar-refractivity contribution in [2.45, 2.75) is 46.1 Å². The van der Waals surface area contributed by atoms with E-state index < -0.39 is 0 Å². The fourth-order valence-electron chi connectivity index (χ4n) is 1.95. The molecule has 1 amide bonds. The van der Waals surface area contributed by atoms with Crippen molar-refractivity contribution in [1.82, 2.24) is 0 Å². The van der Waals surface area contributed by atoms with Gasteiger partial charge in [-0.3, -0.25) is 4.79 Å². The molecule has 0 saturated carbocycles. The molecule has 0 heterocycles. The monoisotopic (exact) mass is 264 g/mol. The average molecular weight is 264 g/mol. The topological polar surface area (TPSA) is 64.4 Å². The summed E-state index contributed by atoms with van der Waals surface area (Å²) in [4.78, 5) is 11.8. The molecule has 0 aliphatic heterocycles. The van der Waals surface area contributed by atoms with Crippen molar-refractivity contribution in [3.05, 3.63) is 23.8 Å². The highest BCUT2D eigenvalue weighted by Gasteiger charge is 2.10. The van der Waals surface area contributed by atoms with Crippen LogP contribution in [0.1, 0.15) is 38.7 Å². The highest BCUT2D eigenvalue weighted by molar-refractivity contribution is 5.91. The number of ether oxygens (including phenoxy) is 1. The van der Waals surface area contributed by atoms with E-state index in [0.717, 1.165) is 29.8 Å². The van der Waals surface area contributed by atoms with E-state index in [9.17, 15) is 4.79 Å². The molecule has 0 fully saturated rings. The Morgan fingerprint density at radius 2 is 2.16 bits per heavy atom. The lowest BCUT2D eigenvalue weighted by Gasteiger charge is -2.13. The number of amides is 1. The Labute approximate surface area is 115 Å². The lowest BCUT2D eigenvalue weighted by molar-refractivity contribution is -0.116. The van der Waals surface area contributed by atoms with E-state index in [4.69, 9.17) is 10.5 Å². The predicted molar refractivity (Wildman–Crippen MR) is 78.5 cm³/mol. The van der Waals surface area contributed by atoms with Crippen LogP contribution in [0.4, 0.5) is 5.69 Å². The first kappa shape index (κ1) is 15.5. The van der Waals surface area contributed by atoms with Crippen molar-refractivity contribution in [3.8, 4) is 5.75 Å². The molecule has 0 bridgehead atoms. The van der Waals surface area contributed by atoms with E-state index >= 15 is 0 Å². The van der Waals surface area contributed by atoms with Crippen molar-refractivity contribution in [1.29, 1.82) is 0 Å². The minimum Gasteiger partial charge on any atom is -0.494 e. The molecule has 1 aromatic rings. The third-order valence-corrected chi connectivity index (χ3v) is 2.89. The molecule has 0 spiro atoms. The van der Waals surface area contributed by atoms with Crippen LogP contribution in [0.2, 0.25) is 0 Å². The minimum absolute atomic E-state index is 0.0341. The Balaban J connectivity index is 2.59. The fraction of sp³-hybridized carbons (Fsp3) is 0.533. The highest BCUT2D eigenvalue weighted by Crippen LogP contribution is 2.21. The molecular weight excluding hydrogens is 240 g/mol. The molecule has 0 radical (unpaired) electrons. The zero-order chi connectivity index (χ0) is 14.3. The zero-order valence-electron chi connectivity index (χ0n) is 12.0. The van der Waals surface area contributed by atoms with Crippen LogP contribution in [0.15, 0.2) is 18.2 Å².